The van der Waals surface area contributed by atoms with Crippen molar-refractivity contribution in [2.45, 2.75) is 49.4 Å². The smallest absolute Gasteiger partial charge is 0.269 e. The number of Topliss-reactive ketones (excluding diaryl/α,β-unsaturated/α-hetero) is 1. The predicted molar refractivity (Wildman–Crippen MR) is 110 cm³/mol. The van der Waals surface area contributed by atoms with Gasteiger partial charge >= 0.3 is 0 Å². The lowest BCUT2D eigenvalue weighted by Gasteiger charge is -2.32. The van der Waals surface area contributed by atoms with Crippen molar-refractivity contribution in [1.82, 2.24) is 9.97 Å². The molecule has 0 radical (unpaired) electrons. The van der Waals surface area contributed by atoms with Gasteiger partial charge in [0.2, 0.25) is 0 Å². The third-order valence-corrected chi connectivity index (χ3v) is 5.91. The number of carbonyl (C=O) groups is 1. The number of hydrogen-bond donors (Lipinski definition) is 2. The number of thioether (sulfide) groups is 1. The van der Waals surface area contributed by atoms with Gasteiger partial charge in [0.1, 0.15) is 5.82 Å². The molecule has 2 heterocycles. The number of H-pyrrole nitrogens is 1. The molecule has 0 fully saturated rings. The highest BCUT2D eigenvalue weighted by molar-refractivity contribution is 7.99. The van der Waals surface area contributed by atoms with Crippen LogP contribution in [0.5, 0.6) is 0 Å². The first-order chi connectivity index (χ1) is 13.8. The van der Waals surface area contributed by atoms with Crippen molar-refractivity contribution in [2.24, 2.45) is 0 Å². The van der Waals surface area contributed by atoms with Gasteiger partial charge in [-0.15, -0.1) is 0 Å². The maximum atomic E-state index is 13.0. The Hall–Kier alpha value is -2.94. The van der Waals surface area contributed by atoms with Gasteiger partial charge in [0.15, 0.2) is 10.9 Å². The van der Waals surface area contributed by atoms with Gasteiger partial charge in [0, 0.05) is 41.0 Å². The van der Waals surface area contributed by atoms with Crippen molar-refractivity contribution in [1.29, 1.82) is 0 Å². The second kappa shape index (κ2) is 7.47. The number of nitro benzene ring substituents is 1. The zero-order valence-corrected chi connectivity index (χ0v) is 16.8. The molecule has 0 spiro atoms. The Balaban J connectivity index is 1.89. The van der Waals surface area contributed by atoms with Crippen LogP contribution in [0.4, 0.5) is 11.5 Å². The van der Waals surface area contributed by atoms with Crippen molar-refractivity contribution >= 4 is 29.1 Å². The average molecular weight is 412 g/mol. The first-order valence-electron chi connectivity index (χ1n) is 9.43. The van der Waals surface area contributed by atoms with E-state index in [4.69, 9.17) is 0 Å². The maximum absolute atomic E-state index is 13.0. The average Bonchev–Trinajstić information content (AvgIpc) is 2.66. The van der Waals surface area contributed by atoms with Gasteiger partial charge in [-0.3, -0.25) is 19.7 Å². The number of nitrogens with one attached hydrogen (secondary N) is 2. The number of rotatable bonds is 4. The molecule has 4 rings (SSSR count). The summed E-state index contributed by atoms with van der Waals surface area (Å²) in [7, 11) is 0. The molecule has 0 unspecified atom stereocenters. The van der Waals surface area contributed by atoms with Crippen LogP contribution in [-0.4, -0.2) is 25.9 Å². The summed E-state index contributed by atoms with van der Waals surface area (Å²) in [6.45, 7) is 4.02. The Bertz CT molecular complexity index is 1090. The van der Waals surface area contributed by atoms with Crippen LogP contribution < -0.4 is 10.9 Å². The Kier molecular flexibility index (Phi) is 4.99. The van der Waals surface area contributed by atoms with E-state index in [2.05, 4.69) is 15.3 Å². The van der Waals surface area contributed by atoms with Crippen molar-refractivity contribution in [3.63, 3.8) is 0 Å². The topological polar surface area (TPSA) is 118 Å². The van der Waals surface area contributed by atoms with Gasteiger partial charge in [-0.1, -0.05) is 37.7 Å². The van der Waals surface area contributed by atoms with Crippen LogP contribution in [0.3, 0.4) is 0 Å². The number of nitrogens with zero attached hydrogens (tertiary/aromatic N) is 2. The number of aromatic nitrogens is 2. The van der Waals surface area contributed by atoms with Crippen molar-refractivity contribution in [3.05, 3.63) is 67.1 Å². The van der Waals surface area contributed by atoms with E-state index in [0.717, 1.165) is 12.1 Å². The minimum atomic E-state index is -0.593. The number of non-ortho nitro benzene ring substituents is 1. The van der Waals surface area contributed by atoms with Crippen LogP contribution in [0.2, 0.25) is 0 Å². The minimum Gasteiger partial charge on any atom is -0.343 e. The third-order valence-electron chi connectivity index (χ3n) is 5.02. The van der Waals surface area contributed by atoms with Crippen LogP contribution in [0.25, 0.3) is 0 Å². The summed E-state index contributed by atoms with van der Waals surface area (Å²) in [5, 5.41) is 15.0. The number of benzene rings is 1. The van der Waals surface area contributed by atoms with E-state index in [1.165, 1.54) is 23.9 Å². The fourth-order valence-corrected chi connectivity index (χ4v) is 4.58. The van der Waals surface area contributed by atoms with E-state index in [1.807, 2.05) is 13.8 Å². The molecule has 2 N–H and O–H groups in total. The van der Waals surface area contributed by atoms with Crippen LogP contribution in [0, 0.1) is 10.1 Å². The maximum Gasteiger partial charge on any atom is 0.269 e. The highest BCUT2D eigenvalue weighted by Crippen LogP contribution is 2.43. The third kappa shape index (κ3) is 3.57. The van der Waals surface area contributed by atoms with E-state index in [1.54, 1.807) is 12.1 Å². The van der Waals surface area contributed by atoms with Gasteiger partial charge in [0.05, 0.1) is 10.5 Å². The lowest BCUT2D eigenvalue weighted by atomic mass is 9.76. The van der Waals surface area contributed by atoms with Crippen molar-refractivity contribution in [2.75, 3.05) is 5.32 Å². The fraction of sp³-hybridized carbons (Fsp3) is 0.350. The van der Waals surface area contributed by atoms with Crippen molar-refractivity contribution < 1.29 is 9.72 Å². The Morgan fingerprint density at radius 3 is 2.59 bits per heavy atom. The van der Waals surface area contributed by atoms with Gasteiger partial charge < -0.3 is 10.3 Å². The molecule has 1 aromatic heterocycles. The standard InChI is InChI=1S/C20H20N4O4S/c1-10(2)29-20-22-18-17(19(26)23-20)15(11-6-8-12(9-7-11)24(27)28)16-13(21-18)4-3-5-14(16)25/h6-10,15H,3-5H2,1-2H3,(H2,21,22,23,26)/t15-/m0/s1. The molecular weight excluding hydrogens is 392 g/mol. The Morgan fingerprint density at radius 2 is 1.93 bits per heavy atom. The molecule has 1 aromatic carbocycles. The number of aromatic amines is 1. The van der Waals surface area contributed by atoms with Gasteiger partial charge in [-0.25, -0.2) is 4.98 Å². The molecule has 9 heteroatoms. The normalized spacial score (nSPS) is 18.3. The fourth-order valence-electron chi connectivity index (χ4n) is 3.84. The number of ketones is 1. The molecule has 0 amide bonds. The molecule has 1 atom stereocenters. The molecule has 0 bridgehead atoms. The first-order valence-corrected chi connectivity index (χ1v) is 10.3. The molecule has 1 aliphatic carbocycles. The first kappa shape index (κ1) is 19.4. The zero-order chi connectivity index (χ0) is 20.7. The van der Waals surface area contributed by atoms with E-state index in [-0.39, 0.29) is 22.3 Å². The monoisotopic (exact) mass is 412 g/mol. The molecule has 2 aromatic rings. The predicted octanol–water partition coefficient (Wildman–Crippen LogP) is 3.74. The van der Waals surface area contributed by atoms with Crippen LogP contribution in [0.1, 0.15) is 50.2 Å². The number of allylic oxidation sites excluding steroid dienone is 2. The summed E-state index contributed by atoms with van der Waals surface area (Å²) in [6.07, 6.45) is 1.86. The van der Waals surface area contributed by atoms with Gasteiger partial charge in [-0.2, -0.15) is 0 Å². The summed E-state index contributed by atoms with van der Waals surface area (Å²) in [5.74, 6) is -0.148. The second-order valence-electron chi connectivity index (χ2n) is 7.38. The van der Waals surface area contributed by atoms with Crippen LogP contribution in [0.15, 0.2) is 45.5 Å². The Morgan fingerprint density at radius 1 is 1.21 bits per heavy atom. The molecule has 0 saturated heterocycles. The summed E-state index contributed by atoms with van der Waals surface area (Å²) in [5.41, 5.74) is 2.05. The number of anilines is 1. The van der Waals surface area contributed by atoms with Gasteiger partial charge in [-0.05, 0) is 18.4 Å². The van der Waals surface area contributed by atoms with E-state index in [9.17, 15) is 19.7 Å². The number of fused-ring (bicyclic) bond motifs is 1. The molecular formula is C20H20N4O4S. The van der Waals surface area contributed by atoms with Crippen molar-refractivity contribution in [3.8, 4) is 0 Å². The quantitative estimate of drug-likeness (QED) is 0.340. The molecule has 8 nitrogen and oxygen atoms in total. The molecule has 29 heavy (non-hydrogen) atoms. The van der Waals surface area contributed by atoms with E-state index in [0.29, 0.717) is 40.5 Å². The molecule has 0 saturated carbocycles. The van der Waals surface area contributed by atoms with E-state index >= 15 is 0 Å². The summed E-state index contributed by atoms with van der Waals surface area (Å²) in [4.78, 5) is 43.7. The largest absolute Gasteiger partial charge is 0.343 e. The highest BCUT2D eigenvalue weighted by atomic mass is 32.2. The molecule has 150 valence electrons. The highest BCUT2D eigenvalue weighted by Gasteiger charge is 2.38. The number of nitro groups is 1. The second-order valence-corrected chi connectivity index (χ2v) is 8.94. The molecule has 1 aliphatic heterocycles. The SMILES string of the molecule is CC(C)Sc1nc2c(c(=O)[nH]1)[C@@H](c1ccc([N+](=O)[O-])cc1)C1=C(CCCC1=O)N2. The lowest BCUT2D eigenvalue weighted by Crippen LogP contribution is -2.32. The summed E-state index contributed by atoms with van der Waals surface area (Å²) in [6, 6.07) is 6.02. The molecule has 2 aliphatic rings. The minimum absolute atomic E-state index is 0.00668. The Labute approximate surface area is 171 Å². The number of carbonyl (C=O) groups excluding carboxylic acids is 1. The van der Waals surface area contributed by atoms with Crippen LogP contribution in [-0.2, 0) is 4.79 Å². The summed E-state index contributed by atoms with van der Waals surface area (Å²) >= 11 is 1.45. The lowest BCUT2D eigenvalue weighted by molar-refractivity contribution is -0.384. The number of hydrogen-bond acceptors (Lipinski definition) is 7. The van der Waals surface area contributed by atoms with Gasteiger partial charge in [0.25, 0.3) is 11.2 Å². The van der Waals surface area contributed by atoms with E-state index < -0.39 is 10.8 Å². The van der Waals surface area contributed by atoms with Crippen LogP contribution >= 0.6 is 11.8 Å². The zero-order valence-electron chi connectivity index (χ0n) is 16.0. The summed E-state index contributed by atoms with van der Waals surface area (Å²) < 4.78 is 0.